The van der Waals surface area contributed by atoms with Crippen molar-refractivity contribution in [2.75, 3.05) is 28.2 Å². The van der Waals surface area contributed by atoms with Crippen LogP contribution in [-0.2, 0) is 0 Å². The summed E-state index contributed by atoms with van der Waals surface area (Å²) < 4.78 is 0. The number of likely N-dealkylation sites (N-methyl/N-ethyl adjacent to an activating group) is 2. The molecule has 0 aromatic rings. The summed E-state index contributed by atoms with van der Waals surface area (Å²) in [6.07, 6.45) is 0. The highest BCUT2D eigenvalue weighted by molar-refractivity contribution is 4.72. The van der Waals surface area contributed by atoms with Gasteiger partial charge in [-0.1, -0.05) is 0 Å². The summed E-state index contributed by atoms with van der Waals surface area (Å²) in [6, 6.07) is 1.24. The number of nitrogens with zero attached hydrogens (tertiary/aromatic N) is 2. The number of rotatable bonds is 3. The van der Waals surface area contributed by atoms with Crippen molar-refractivity contribution in [2.45, 2.75) is 25.9 Å². The van der Waals surface area contributed by atoms with Crippen molar-refractivity contribution in [1.82, 2.24) is 9.80 Å². The molecule has 0 saturated carbocycles. The predicted octanol–water partition coefficient (Wildman–Crippen LogP) is 0.887. The Bertz CT molecular complexity index is 77.3. The van der Waals surface area contributed by atoms with Crippen LogP contribution in [0.2, 0.25) is 0 Å². The van der Waals surface area contributed by atoms with Gasteiger partial charge in [-0.3, -0.25) is 0 Å². The average Bonchev–Trinajstić information content (AvgIpc) is 1.84. The summed E-state index contributed by atoms with van der Waals surface area (Å²) in [6.45, 7) is 4.48. The molecule has 0 bridgehead atoms. The molecule has 0 heterocycles. The molecule has 0 aromatic carbocycles. The molecule has 0 aromatic heterocycles. The Morgan fingerprint density at radius 3 is 1.00 bits per heavy atom. The summed E-state index contributed by atoms with van der Waals surface area (Å²) >= 11 is 0. The van der Waals surface area contributed by atoms with E-state index in [0.717, 1.165) is 0 Å². The maximum absolute atomic E-state index is 2.24. The zero-order chi connectivity index (χ0) is 8.31. The van der Waals surface area contributed by atoms with Crippen LogP contribution >= 0.6 is 0 Å². The van der Waals surface area contributed by atoms with Crippen molar-refractivity contribution in [3.63, 3.8) is 0 Å². The summed E-state index contributed by atoms with van der Waals surface area (Å²) in [4.78, 5) is 4.48. The first-order chi connectivity index (χ1) is 4.46. The Balaban J connectivity index is 3.81. The first-order valence-corrected chi connectivity index (χ1v) is 3.79. The maximum Gasteiger partial charge on any atom is 0.0214 e. The van der Waals surface area contributed by atoms with E-state index >= 15 is 0 Å². The van der Waals surface area contributed by atoms with E-state index in [1.165, 1.54) is 0 Å². The smallest absolute Gasteiger partial charge is 0.0214 e. The Hall–Kier alpha value is -0.0800. The molecule has 10 heavy (non-hydrogen) atoms. The minimum atomic E-state index is 0.620. The molecule has 62 valence electrons. The first-order valence-electron chi connectivity index (χ1n) is 3.79. The molecule has 2 nitrogen and oxygen atoms in total. The SMILES string of the molecule is CC(C(C)N(C)C)N(C)C. The maximum atomic E-state index is 2.24. The van der Waals surface area contributed by atoms with Crippen molar-refractivity contribution in [2.24, 2.45) is 0 Å². The fourth-order valence-electron chi connectivity index (χ4n) is 0.863. The van der Waals surface area contributed by atoms with Gasteiger partial charge < -0.3 is 9.80 Å². The van der Waals surface area contributed by atoms with E-state index in [9.17, 15) is 0 Å². The Labute approximate surface area is 64.8 Å². The molecule has 0 aliphatic heterocycles. The lowest BCUT2D eigenvalue weighted by Gasteiger charge is -2.31. The van der Waals surface area contributed by atoms with Gasteiger partial charge in [0, 0.05) is 12.1 Å². The average molecular weight is 144 g/mol. The molecule has 0 amide bonds. The molecule has 0 radical (unpaired) electrons. The van der Waals surface area contributed by atoms with E-state index in [1.807, 2.05) is 0 Å². The van der Waals surface area contributed by atoms with Crippen molar-refractivity contribution in [1.29, 1.82) is 0 Å². The van der Waals surface area contributed by atoms with E-state index in [2.05, 4.69) is 51.8 Å². The van der Waals surface area contributed by atoms with Crippen LogP contribution in [0.5, 0.6) is 0 Å². The van der Waals surface area contributed by atoms with E-state index in [1.54, 1.807) is 0 Å². The van der Waals surface area contributed by atoms with Crippen LogP contribution in [0.4, 0.5) is 0 Å². The van der Waals surface area contributed by atoms with E-state index in [0.29, 0.717) is 12.1 Å². The lowest BCUT2D eigenvalue weighted by Crippen LogP contribution is -2.42. The van der Waals surface area contributed by atoms with Gasteiger partial charge >= 0.3 is 0 Å². The number of hydrogen-bond acceptors (Lipinski definition) is 2. The van der Waals surface area contributed by atoms with Gasteiger partial charge in [-0.2, -0.15) is 0 Å². The molecule has 0 rings (SSSR count). The van der Waals surface area contributed by atoms with Gasteiger partial charge in [0.2, 0.25) is 0 Å². The van der Waals surface area contributed by atoms with Gasteiger partial charge in [-0.25, -0.2) is 0 Å². The Kier molecular flexibility index (Phi) is 3.91. The zero-order valence-corrected chi connectivity index (χ0v) is 8.05. The molecular formula is C8H20N2. The second-order valence-electron chi connectivity index (χ2n) is 3.41. The Morgan fingerprint density at radius 2 is 0.900 bits per heavy atom. The lowest BCUT2D eigenvalue weighted by atomic mass is 10.1. The van der Waals surface area contributed by atoms with Crippen LogP contribution < -0.4 is 0 Å². The van der Waals surface area contributed by atoms with Gasteiger partial charge in [-0.05, 0) is 42.0 Å². The second kappa shape index (κ2) is 3.94. The third-order valence-corrected chi connectivity index (χ3v) is 2.33. The highest BCUT2D eigenvalue weighted by Crippen LogP contribution is 2.03. The minimum Gasteiger partial charge on any atom is -0.305 e. The normalized spacial score (nSPS) is 18.0. The summed E-state index contributed by atoms with van der Waals surface area (Å²) in [5.74, 6) is 0. The van der Waals surface area contributed by atoms with Gasteiger partial charge in [0.15, 0.2) is 0 Å². The molecule has 0 aliphatic carbocycles. The van der Waals surface area contributed by atoms with Crippen LogP contribution in [0.25, 0.3) is 0 Å². The van der Waals surface area contributed by atoms with Gasteiger partial charge in [0.25, 0.3) is 0 Å². The minimum absolute atomic E-state index is 0.620. The molecule has 0 fully saturated rings. The van der Waals surface area contributed by atoms with Crippen LogP contribution in [0, 0.1) is 0 Å². The standard InChI is InChI=1S/C8H20N2/c1-7(9(3)4)8(2)10(5)6/h7-8H,1-6H3. The molecule has 0 N–H and O–H groups in total. The molecule has 0 saturated heterocycles. The predicted molar refractivity (Wildman–Crippen MR) is 46.3 cm³/mol. The fraction of sp³-hybridized carbons (Fsp3) is 1.00. The monoisotopic (exact) mass is 144 g/mol. The molecule has 2 unspecified atom stereocenters. The Morgan fingerprint density at radius 1 is 0.700 bits per heavy atom. The quantitative estimate of drug-likeness (QED) is 0.580. The third-order valence-electron chi connectivity index (χ3n) is 2.33. The highest BCUT2D eigenvalue weighted by Gasteiger charge is 2.14. The lowest BCUT2D eigenvalue weighted by molar-refractivity contribution is 0.176. The topological polar surface area (TPSA) is 6.48 Å². The fourth-order valence-corrected chi connectivity index (χ4v) is 0.863. The van der Waals surface area contributed by atoms with Crippen LogP contribution in [0.15, 0.2) is 0 Å². The summed E-state index contributed by atoms with van der Waals surface area (Å²) in [5, 5.41) is 0. The van der Waals surface area contributed by atoms with Crippen LogP contribution in [0.3, 0.4) is 0 Å². The largest absolute Gasteiger partial charge is 0.305 e. The van der Waals surface area contributed by atoms with Gasteiger partial charge in [0.1, 0.15) is 0 Å². The molecule has 2 atom stereocenters. The van der Waals surface area contributed by atoms with Crippen molar-refractivity contribution >= 4 is 0 Å². The van der Waals surface area contributed by atoms with E-state index in [4.69, 9.17) is 0 Å². The van der Waals surface area contributed by atoms with E-state index in [-0.39, 0.29) is 0 Å². The van der Waals surface area contributed by atoms with Crippen molar-refractivity contribution in [3.8, 4) is 0 Å². The zero-order valence-electron chi connectivity index (χ0n) is 8.05. The van der Waals surface area contributed by atoms with Crippen molar-refractivity contribution in [3.05, 3.63) is 0 Å². The van der Waals surface area contributed by atoms with Gasteiger partial charge in [-0.15, -0.1) is 0 Å². The van der Waals surface area contributed by atoms with E-state index < -0.39 is 0 Å². The van der Waals surface area contributed by atoms with Crippen LogP contribution in [0.1, 0.15) is 13.8 Å². The summed E-state index contributed by atoms with van der Waals surface area (Å²) in [7, 11) is 8.46. The molecule has 2 heteroatoms. The second-order valence-corrected chi connectivity index (χ2v) is 3.41. The number of hydrogen-bond donors (Lipinski definition) is 0. The highest BCUT2D eigenvalue weighted by atomic mass is 15.2. The molecular weight excluding hydrogens is 124 g/mol. The third kappa shape index (κ3) is 2.67. The molecule has 0 aliphatic rings. The van der Waals surface area contributed by atoms with Crippen molar-refractivity contribution < 1.29 is 0 Å². The molecule has 0 spiro atoms. The van der Waals surface area contributed by atoms with Crippen LogP contribution in [-0.4, -0.2) is 50.1 Å². The van der Waals surface area contributed by atoms with Gasteiger partial charge in [0.05, 0.1) is 0 Å². The first kappa shape index (κ1) is 9.92. The summed E-state index contributed by atoms with van der Waals surface area (Å²) in [5.41, 5.74) is 0.